The van der Waals surface area contributed by atoms with Crippen LogP contribution in [0.4, 0.5) is 0 Å². The minimum atomic E-state index is 0.419. The largest absolute Gasteiger partial charge is 0.325 e. The van der Waals surface area contributed by atoms with Gasteiger partial charge in [-0.2, -0.15) is 0 Å². The Labute approximate surface area is 133 Å². The fourth-order valence-corrected chi connectivity index (χ4v) is 2.39. The molecule has 0 aliphatic rings. The molecule has 2 N–H and O–H groups in total. The summed E-state index contributed by atoms with van der Waals surface area (Å²) < 4.78 is 1.97. The summed E-state index contributed by atoms with van der Waals surface area (Å²) >= 11 is 0. The van der Waals surface area contributed by atoms with Gasteiger partial charge in [-0.3, -0.25) is 0 Å². The van der Waals surface area contributed by atoms with E-state index in [0.29, 0.717) is 6.54 Å². The third kappa shape index (κ3) is 4.53. The van der Waals surface area contributed by atoms with Crippen LogP contribution in [-0.2, 0) is 13.1 Å². The van der Waals surface area contributed by atoms with E-state index < -0.39 is 0 Å². The summed E-state index contributed by atoms with van der Waals surface area (Å²) in [6, 6.07) is 8.46. The number of aromatic nitrogens is 3. The van der Waals surface area contributed by atoms with Gasteiger partial charge in [-0.1, -0.05) is 67.3 Å². The lowest BCUT2D eigenvalue weighted by atomic mass is 10.1. The van der Waals surface area contributed by atoms with Crippen LogP contribution >= 0.6 is 0 Å². The average molecular weight is 298 g/mol. The van der Waals surface area contributed by atoms with Crippen molar-refractivity contribution >= 4 is 12.2 Å². The van der Waals surface area contributed by atoms with E-state index in [1.807, 2.05) is 4.68 Å². The Balaban J connectivity index is 2.10. The Morgan fingerprint density at radius 2 is 1.86 bits per heavy atom. The second kappa shape index (κ2) is 8.49. The summed E-state index contributed by atoms with van der Waals surface area (Å²) in [5.41, 5.74) is 10.1. The van der Waals surface area contributed by atoms with Crippen LogP contribution in [0.15, 0.2) is 24.3 Å². The van der Waals surface area contributed by atoms with E-state index in [2.05, 4.69) is 60.6 Å². The predicted octanol–water partition coefficient (Wildman–Crippen LogP) is 3.80. The molecule has 2 rings (SSSR count). The smallest absolute Gasteiger partial charge is 0.104 e. The van der Waals surface area contributed by atoms with E-state index in [1.54, 1.807) is 0 Å². The topological polar surface area (TPSA) is 56.7 Å². The van der Waals surface area contributed by atoms with Crippen LogP contribution in [0.25, 0.3) is 12.2 Å². The van der Waals surface area contributed by atoms with Crippen LogP contribution in [0, 0.1) is 6.92 Å². The fraction of sp³-hybridized carbons (Fsp3) is 0.444. The third-order valence-corrected chi connectivity index (χ3v) is 3.77. The van der Waals surface area contributed by atoms with Gasteiger partial charge in [0.05, 0.1) is 5.69 Å². The molecule has 0 atom stereocenters. The Morgan fingerprint density at radius 1 is 1.09 bits per heavy atom. The molecule has 0 amide bonds. The van der Waals surface area contributed by atoms with E-state index in [0.717, 1.165) is 24.4 Å². The van der Waals surface area contributed by atoms with Crippen molar-refractivity contribution in [1.82, 2.24) is 15.0 Å². The molecule has 1 heterocycles. The molecule has 0 spiro atoms. The molecular weight excluding hydrogens is 272 g/mol. The van der Waals surface area contributed by atoms with Crippen molar-refractivity contribution in [2.24, 2.45) is 5.73 Å². The van der Waals surface area contributed by atoms with Gasteiger partial charge in [0.2, 0.25) is 0 Å². The maximum atomic E-state index is 5.78. The number of rotatable bonds is 8. The van der Waals surface area contributed by atoms with Crippen molar-refractivity contribution in [3.8, 4) is 0 Å². The van der Waals surface area contributed by atoms with Gasteiger partial charge in [-0.05, 0) is 25.0 Å². The van der Waals surface area contributed by atoms with Crippen molar-refractivity contribution in [1.29, 1.82) is 0 Å². The zero-order valence-corrected chi connectivity index (χ0v) is 13.6. The molecule has 0 aliphatic carbocycles. The first-order chi connectivity index (χ1) is 10.7. The summed E-state index contributed by atoms with van der Waals surface area (Å²) in [4.78, 5) is 0. The van der Waals surface area contributed by atoms with Crippen molar-refractivity contribution < 1.29 is 0 Å². The molecule has 22 heavy (non-hydrogen) atoms. The number of nitrogens with zero attached hydrogens (tertiary/aromatic N) is 3. The second-order valence-corrected chi connectivity index (χ2v) is 5.65. The van der Waals surface area contributed by atoms with Crippen LogP contribution in [0.1, 0.15) is 55.1 Å². The third-order valence-electron chi connectivity index (χ3n) is 3.77. The van der Waals surface area contributed by atoms with Gasteiger partial charge in [-0.25, -0.2) is 4.68 Å². The maximum Gasteiger partial charge on any atom is 0.104 e. The zero-order valence-electron chi connectivity index (χ0n) is 13.6. The van der Waals surface area contributed by atoms with Gasteiger partial charge < -0.3 is 5.73 Å². The summed E-state index contributed by atoms with van der Waals surface area (Å²) in [6.07, 6.45) is 9.05. The molecule has 0 fully saturated rings. The van der Waals surface area contributed by atoms with Crippen LogP contribution < -0.4 is 5.73 Å². The monoisotopic (exact) mass is 298 g/mol. The standard InChI is InChI=1S/C18H26N4/c1-3-4-5-6-13-22-18(17(14-19)20-21-22)12-11-16-9-7-15(2)8-10-16/h7-12H,3-6,13-14,19H2,1-2H3/b12-11+. The Bertz CT molecular complexity index is 596. The Kier molecular flexibility index (Phi) is 6.34. The molecule has 0 saturated heterocycles. The van der Waals surface area contributed by atoms with Gasteiger partial charge in [0.15, 0.2) is 0 Å². The molecule has 2 aromatic rings. The van der Waals surface area contributed by atoms with Crippen LogP contribution in [-0.4, -0.2) is 15.0 Å². The summed E-state index contributed by atoms with van der Waals surface area (Å²) in [7, 11) is 0. The van der Waals surface area contributed by atoms with E-state index >= 15 is 0 Å². The predicted molar refractivity (Wildman–Crippen MR) is 92.2 cm³/mol. The highest BCUT2D eigenvalue weighted by atomic mass is 15.4. The first kappa shape index (κ1) is 16.4. The molecule has 4 heteroatoms. The van der Waals surface area contributed by atoms with Crippen LogP contribution in [0.2, 0.25) is 0 Å². The molecule has 1 aromatic carbocycles. The number of hydrogen-bond donors (Lipinski definition) is 1. The van der Waals surface area contributed by atoms with Gasteiger partial charge in [-0.15, -0.1) is 5.10 Å². The number of nitrogens with two attached hydrogens (primary N) is 1. The molecule has 0 bridgehead atoms. The average Bonchev–Trinajstić information content (AvgIpc) is 2.93. The first-order valence-corrected chi connectivity index (χ1v) is 8.11. The minimum Gasteiger partial charge on any atom is -0.325 e. The van der Waals surface area contributed by atoms with Crippen molar-refractivity contribution in [3.05, 3.63) is 46.8 Å². The first-order valence-electron chi connectivity index (χ1n) is 8.11. The molecule has 0 saturated carbocycles. The molecule has 4 nitrogen and oxygen atoms in total. The summed E-state index contributed by atoms with van der Waals surface area (Å²) in [5.74, 6) is 0. The lowest BCUT2D eigenvalue weighted by Gasteiger charge is -2.04. The van der Waals surface area contributed by atoms with E-state index in [-0.39, 0.29) is 0 Å². The minimum absolute atomic E-state index is 0.419. The quantitative estimate of drug-likeness (QED) is 0.754. The van der Waals surface area contributed by atoms with E-state index in [4.69, 9.17) is 5.73 Å². The lowest BCUT2D eigenvalue weighted by molar-refractivity contribution is 0.525. The molecule has 0 radical (unpaired) electrons. The number of hydrogen-bond acceptors (Lipinski definition) is 3. The van der Waals surface area contributed by atoms with Gasteiger partial charge >= 0.3 is 0 Å². The number of aryl methyl sites for hydroxylation is 2. The summed E-state index contributed by atoms with van der Waals surface area (Å²) in [6.45, 7) is 5.64. The normalized spacial score (nSPS) is 11.4. The zero-order chi connectivity index (χ0) is 15.8. The van der Waals surface area contributed by atoms with Gasteiger partial charge in [0.1, 0.15) is 5.69 Å². The van der Waals surface area contributed by atoms with Crippen molar-refractivity contribution in [2.75, 3.05) is 0 Å². The Morgan fingerprint density at radius 3 is 2.55 bits per heavy atom. The molecule has 1 aromatic heterocycles. The van der Waals surface area contributed by atoms with Crippen LogP contribution in [0.3, 0.4) is 0 Å². The highest BCUT2D eigenvalue weighted by Gasteiger charge is 2.08. The highest BCUT2D eigenvalue weighted by molar-refractivity contribution is 5.69. The molecular formula is C18H26N4. The molecule has 0 aliphatic heterocycles. The van der Waals surface area contributed by atoms with Crippen LogP contribution in [0.5, 0.6) is 0 Å². The number of benzene rings is 1. The second-order valence-electron chi connectivity index (χ2n) is 5.65. The summed E-state index contributed by atoms with van der Waals surface area (Å²) in [5, 5.41) is 8.44. The van der Waals surface area contributed by atoms with Crippen molar-refractivity contribution in [2.45, 2.75) is 52.6 Å². The van der Waals surface area contributed by atoms with Gasteiger partial charge in [0.25, 0.3) is 0 Å². The lowest BCUT2D eigenvalue weighted by Crippen LogP contribution is -2.04. The highest BCUT2D eigenvalue weighted by Crippen LogP contribution is 2.13. The fourth-order valence-electron chi connectivity index (χ4n) is 2.39. The molecule has 118 valence electrons. The van der Waals surface area contributed by atoms with Crippen molar-refractivity contribution in [3.63, 3.8) is 0 Å². The number of unbranched alkanes of at least 4 members (excludes halogenated alkanes) is 3. The maximum absolute atomic E-state index is 5.78. The van der Waals surface area contributed by atoms with E-state index in [1.165, 1.54) is 30.4 Å². The SMILES string of the molecule is CCCCCCn1nnc(CN)c1/C=C/c1ccc(C)cc1. The van der Waals surface area contributed by atoms with Gasteiger partial charge in [0, 0.05) is 13.1 Å². The molecule has 0 unspecified atom stereocenters. The Hall–Kier alpha value is -1.94. The van der Waals surface area contributed by atoms with E-state index in [9.17, 15) is 0 Å².